The van der Waals surface area contributed by atoms with Crippen LogP contribution in [-0.2, 0) is 9.53 Å². The number of esters is 1. The van der Waals surface area contributed by atoms with E-state index in [1.54, 1.807) is 19.2 Å². The molecule has 0 spiro atoms. The summed E-state index contributed by atoms with van der Waals surface area (Å²) in [6.45, 7) is 7.56. The number of fused-ring (bicyclic) bond motifs is 1. The second kappa shape index (κ2) is 8.22. The molecule has 7 heteroatoms. The van der Waals surface area contributed by atoms with Crippen molar-refractivity contribution in [3.63, 3.8) is 0 Å². The number of H-pyrrole nitrogens is 1. The van der Waals surface area contributed by atoms with E-state index in [-0.39, 0.29) is 11.6 Å². The number of anilines is 1. The molecule has 7 nitrogen and oxygen atoms in total. The minimum atomic E-state index is -0.520. The monoisotopic (exact) mass is 388 g/mol. The molecule has 1 aliphatic rings. The Balaban J connectivity index is 1.74. The Morgan fingerprint density at radius 3 is 2.75 bits per heavy atom. The van der Waals surface area contributed by atoms with Crippen LogP contribution in [0.5, 0.6) is 5.75 Å². The number of likely N-dealkylation sites (tertiary alicyclic amines) is 1. The minimum absolute atomic E-state index is 0.0993. The molecule has 1 fully saturated rings. The van der Waals surface area contributed by atoms with E-state index in [1.807, 2.05) is 6.07 Å². The number of hydrogen-bond donors (Lipinski definition) is 3. The van der Waals surface area contributed by atoms with Crippen molar-refractivity contribution < 1.29 is 24.0 Å². The normalized spacial score (nSPS) is 18.6. The summed E-state index contributed by atoms with van der Waals surface area (Å²) in [5, 5.41) is 3.67. The summed E-state index contributed by atoms with van der Waals surface area (Å²) < 4.78 is 10.1. The van der Waals surface area contributed by atoms with Crippen LogP contribution in [0.1, 0.15) is 43.6 Å². The minimum Gasteiger partial charge on any atom is -0.497 e. The molecule has 2 heterocycles. The van der Waals surface area contributed by atoms with Crippen LogP contribution in [-0.4, -0.2) is 50.7 Å². The number of carbonyl (C=O) groups is 2. The van der Waals surface area contributed by atoms with Gasteiger partial charge < -0.3 is 24.7 Å². The number of amides is 1. The summed E-state index contributed by atoms with van der Waals surface area (Å²) in [5.74, 6) is 0.0472. The number of aromatic amines is 1. The second-order valence-electron chi connectivity index (χ2n) is 8.27. The summed E-state index contributed by atoms with van der Waals surface area (Å²) in [6, 6.07) is 5.41. The van der Waals surface area contributed by atoms with Crippen LogP contribution in [0, 0.1) is 5.41 Å². The fraction of sp³-hybridized carbons (Fsp3) is 0.524. The van der Waals surface area contributed by atoms with Gasteiger partial charge in [-0.1, -0.05) is 13.8 Å². The second-order valence-corrected chi connectivity index (χ2v) is 8.27. The number of benzene rings is 1. The van der Waals surface area contributed by atoms with Crippen molar-refractivity contribution in [1.82, 2.24) is 4.98 Å². The molecule has 0 bridgehead atoms. The van der Waals surface area contributed by atoms with Crippen molar-refractivity contribution in [2.75, 3.05) is 39.2 Å². The van der Waals surface area contributed by atoms with Crippen molar-refractivity contribution >= 4 is 28.5 Å². The number of ether oxygens (including phenoxy) is 2. The van der Waals surface area contributed by atoms with Gasteiger partial charge in [-0.05, 0) is 25.0 Å². The van der Waals surface area contributed by atoms with Crippen LogP contribution >= 0.6 is 0 Å². The van der Waals surface area contributed by atoms with Gasteiger partial charge in [0.25, 0.3) is 0 Å². The summed E-state index contributed by atoms with van der Waals surface area (Å²) in [6.07, 6.45) is 2.85. The predicted molar refractivity (Wildman–Crippen MR) is 108 cm³/mol. The molecule has 28 heavy (non-hydrogen) atoms. The van der Waals surface area contributed by atoms with Gasteiger partial charge in [0, 0.05) is 16.9 Å². The van der Waals surface area contributed by atoms with Crippen molar-refractivity contribution in [1.29, 1.82) is 0 Å². The van der Waals surface area contributed by atoms with Gasteiger partial charge >= 0.3 is 5.97 Å². The molecule has 1 amide bonds. The molecule has 0 radical (unpaired) electrons. The molecule has 1 aromatic carbocycles. The highest BCUT2D eigenvalue weighted by Gasteiger charge is 2.29. The third-order valence-electron chi connectivity index (χ3n) is 5.48. The largest absolute Gasteiger partial charge is 0.497 e. The molecule has 1 atom stereocenters. The van der Waals surface area contributed by atoms with Crippen LogP contribution in [0.2, 0.25) is 0 Å². The molecule has 3 rings (SSSR count). The van der Waals surface area contributed by atoms with Crippen LogP contribution in [0.4, 0.5) is 5.69 Å². The summed E-state index contributed by atoms with van der Waals surface area (Å²) in [5.41, 5.74) is 1.74. The molecule has 0 saturated carbocycles. The topological polar surface area (TPSA) is 84.9 Å². The first-order valence-electron chi connectivity index (χ1n) is 9.74. The Morgan fingerprint density at radius 1 is 1.29 bits per heavy atom. The highest BCUT2D eigenvalue weighted by Crippen LogP contribution is 2.31. The zero-order valence-electron chi connectivity index (χ0n) is 17.1. The molecule has 152 valence electrons. The van der Waals surface area contributed by atoms with Gasteiger partial charge in [0.15, 0.2) is 0 Å². The van der Waals surface area contributed by atoms with Crippen molar-refractivity contribution in [3.8, 4) is 5.75 Å². The van der Waals surface area contributed by atoms with Gasteiger partial charge in [0.1, 0.15) is 11.4 Å². The first-order chi connectivity index (χ1) is 13.3. The van der Waals surface area contributed by atoms with Gasteiger partial charge in [0.2, 0.25) is 5.91 Å². The summed E-state index contributed by atoms with van der Waals surface area (Å²) in [7, 11) is 2.90. The lowest BCUT2D eigenvalue weighted by Gasteiger charge is -2.35. The lowest BCUT2D eigenvalue weighted by molar-refractivity contribution is -0.911. The van der Waals surface area contributed by atoms with Gasteiger partial charge in [-0.2, -0.15) is 0 Å². The Morgan fingerprint density at radius 2 is 2.07 bits per heavy atom. The van der Waals surface area contributed by atoms with E-state index >= 15 is 0 Å². The average Bonchev–Trinajstić information content (AvgIpc) is 3.02. The Hall–Kier alpha value is -2.54. The first-order valence-corrected chi connectivity index (χ1v) is 9.74. The van der Waals surface area contributed by atoms with E-state index in [4.69, 9.17) is 9.47 Å². The third kappa shape index (κ3) is 4.47. The number of quaternary nitrogens is 1. The first kappa shape index (κ1) is 20.2. The van der Waals surface area contributed by atoms with Gasteiger partial charge in [-0.15, -0.1) is 0 Å². The predicted octanol–water partition coefficient (Wildman–Crippen LogP) is 2.00. The van der Waals surface area contributed by atoms with E-state index in [0.717, 1.165) is 25.0 Å². The van der Waals surface area contributed by atoms with Gasteiger partial charge in [0.05, 0.1) is 51.5 Å². The van der Waals surface area contributed by atoms with E-state index in [0.29, 0.717) is 28.8 Å². The highest BCUT2D eigenvalue weighted by molar-refractivity contribution is 6.11. The van der Waals surface area contributed by atoms with E-state index < -0.39 is 5.97 Å². The molecular formula is C21H30N3O4+. The molecule has 1 saturated heterocycles. The molecule has 2 aromatic rings. The number of nitrogens with one attached hydrogen (secondary N) is 3. The van der Waals surface area contributed by atoms with Crippen LogP contribution in [0.15, 0.2) is 18.2 Å². The quantitative estimate of drug-likeness (QED) is 0.661. The van der Waals surface area contributed by atoms with Crippen LogP contribution < -0.4 is 15.0 Å². The average molecular weight is 388 g/mol. The van der Waals surface area contributed by atoms with Crippen LogP contribution in [0.25, 0.3) is 10.9 Å². The molecule has 0 aliphatic carbocycles. The fourth-order valence-corrected chi connectivity index (χ4v) is 4.06. The summed E-state index contributed by atoms with van der Waals surface area (Å²) >= 11 is 0. The zero-order chi connectivity index (χ0) is 20.3. The molecule has 1 aliphatic heterocycles. The lowest BCUT2D eigenvalue weighted by atomic mass is 9.84. The maximum Gasteiger partial charge on any atom is 0.356 e. The molecular weight excluding hydrogens is 358 g/mol. The van der Waals surface area contributed by atoms with Gasteiger partial charge in [-0.3, -0.25) is 4.79 Å². The van der Waals surface area contributed by atoms with E-state index in [1.165, 1.54) is 24.9 Å². The smallest absolute Gasteiger partial charge is 0.356 e. The van der Waals surface area contributed by atoms with Crippen molar-refractivity contribution in [3.05, 3.63) is 23.9 Å². The fourth-order valence-electron chi connectivity index (χ4n) is 4.06. The SMILES string of the molecule is COC(=O)c1[nH]c2cc(OC)ccc2c1NC(=O)CC[NH+]1CCCC(C)(C)C1. The standard InChI is InChI=1S/C21H29N3O4/c1-21(2)9-5-10-24(13-21)11-8-17(25)23-18-15-7-6-14(27-3)12-16(15)22-19(18)20(26)28-4/h6-7,12,22H,5,8-11,13H2,1-4H3,(H,23,25)/p+1. The van der Waals surface area contributed by atoms with Crippen molar-refractivity contribution in [2.45, 2.75) is 33.1 Å². The number of rotatable bonds is 6. The number of carbonyl (C=O) groups excluding carboxylic acids is 2. The van der Waals surface area contributed by atoms with Crippen LogP contribution in [0.3, 0.4) is 0 Å². The molecule has 3 N–H and O–H groups in total. The van der Waals surface area contributed by atoms with Crippen molar-refractivity contribution in [2.24, 2.45) is 5.41 Å². The maximum atomic E-state index is 12.6. The number of aromatic nitrogens is 1. The third-order valence-corrected chi connectivity index (χ3v) is 5.48. The lowest BCUT2D eigenvalue weighted by Crippen LogP contribution is -3.14. The zero-order valence-corrected chi connectivity index (χ0v) is 17.1. The number of methoxy groups -OCH3 is 2. The molecule has 1 unspecified atom stereocenters. The maximum absolute atomic E-state index is 12.6. The number of hydrogen-bond acceptors (Lipinski definition) is 4. The Kier molecular flexibility index (Phi) is 5.93. The Labute approximate surface area is 165 Å². The van der Waals surface area contributed by atoms with E-state index in [2.05, 4.69) is 24.1 Å². The van der Waals surface area contributed by atoms with Gasteiger partial charge in [-0.25, -0.2) is 4.79 Å². The molecule has 1 aromatic heterocycles. The summed E-state index contributed by atoms with van der Waals surface area (Å²) in [4.78, 5) is 29.3. The van der Waals surface area contributed by atoms with E-state index in [9.17, 15) is 9.59 Å². The number of piperidine rings is 1. The Bertz CT molecular complexity index is 872. The highest BCUT2D eigenvalue weighted by atomic mass is 16.5.